The minimum atomic E-state index is -0.455. The van der Waals surface area contributed by atoms with Crippen LogP contribution in [0.1, 0.15) is 169 Å². The quantitative estimate of drug-likeness (QED) is 0.240. The van der Waals surface area contributed by atoms with Crippen LogP contribution in [0.15, 0.2) is 0 Å². The van der Waals surface area contributed by atoms with E-state index >= 15 is 0 Å². The zero-order chi connectivity index (χ0) is 27.4. The van der Waals surface area contributed by atoms with Crippen LogP contribution in [-0.2, 0) is 4.12 Å². The Kier molecular flexibility index (Phi) is 26.6. The third-order valence-corrected chi connectivity index (χ3v) is 11.7. The van der Waals surface area contributed by atoms with Gasteiger partial charge in [-0.1, -0.05) is 169 Å². The molecule has 33 heavy (non-hydrogen) atoms. The van der Waals surface area contributed by atoms with Crippen molar-refractivity contribution in [2.24, 2.45) is 22.2 Å². The second kappa shape index (κ2) is 21.7. The third kappa shape index (κ3) is 15.9. The molecule has 3 heteroatoms. The van der Waals surface area contributed by atoms with Crippen molar-refractivity contribution in [1.82, 2.24) is 0 Å². The van der Waals surface area contributed by atoms with Crippen LogP contribution in [0, 0.1) is 22.2 Å². The minimum Gasteiger partial charge on any atom is -0.468 e. The van der Waals surface area contributed by atoms with Crippen molar-refractivity contribution in [3.8, 4) is 0 Å². The molecule has 0 heterocycles. The van der Waals surface area contributed by atoms with Crippen molar-refractivity contribution in [3.05, 3.63) is 0 Å². The van der Waals surface area contributed by atoms with Crippen molar-refractivity contribution in [2.75, 3.05) is 0 Å². The molecule has 0 aliphatic heterocycles. The molecule has 0 aliphatic carbocycles. The summed E-state index contributed by atoms with van der Waals surface area (Å²) >= 11 is 0. The van der Waals surface area contributed by atoms with Gasteiger partial charge in [0.25, 0.3) is 0 Å². The fourth-order valence-electron chi connectivity index (χ4n) is 3.98. The van der Waals surface area contributed by atoms with Crippen LogP contribution < -0.4 is 0 Å². The highest BCUT2D eigenvalue weighted by Gasteiger charge is 2.55. The molecule has 0 saturated carbocycles. The number of hydrogen-bond acceptors (Lipinski definition) is 1. The Morgan fingerprint density at radius 2 is 0.848 bits per heavy atom. The first-order valence-corrected chi connectivity index (χ1v) is 16.6. The molecule has 206 valence electrons. The fourth-order valence-corrected chi connectivity index (χ4v) is 7.66. The van der Waals surface area contributed by atoms with Gasteiger partial charge in [0.05, 0.1) is 0 Å². The Balaban J connectivity index is -0.000000226. The molecule has 0 aliphatic rings. The van der Waals surface area contributed by atoms with E-state index in [1.54, 1.807) is 0 Å². The molecule has 0 spiro atoms. The highest BCUT2D eigenvalue weighted by Crippen LogP contribution is 2.63. The van der Waals surface area contributed by atoms with Crippen LogP contribution in [-0.4, -0.2) is 20.2 Å². The van der Waals surface area contributed by atoms with Crippen LogP contribution in [0.5, 0.6) is 0 Å². The molecule has 0 rings (SSSR count). The van der Waals surface area contributed by atoms with Crippen LogP contribution in [0.3, 0.4) is 0 Å². The molecule has 0 amide bonds. The summed E-state index contributed by atoms with van der Waals surface area (Å²) in [7, 11) is 0.433. The molecule has 0 saturated heterocycles. The fraction of sp³-hybridized carbons (Fsp3) is 1.00. The molecule has 0 fully saturated rings. The molecule has 0 aromatic heterocycles. The third-order valence-electron chi connectivity index (χ3n) is 8.94. The van der Waals surface area contributed by atoms with Crippen molar-refractivity contribution in [3.63, 3.8) is 0 Å². The zero-order valence-corrected chi connectivity index (χ0v) is 30.5. The first-order chi connectivity index (χ1) is 15.0. The first-order valence-electron chi connectivity index (χ1n) is 14.5. The molecule has 0 bridgehead atoms. The maximum Gasteiger partial charge on any atom is 0.151 e. The zero-order valence-electron chi connectivity index (χ0n) is 27.1. The smallest absolute Gasteiger partial charge is 0.151 e. The molecule has 1 nitrogen and oxygen atoms in total. The van der Waals surface area contributed by atoms with E-state index in [4.69, 9.17) is 4.12 Å². The van der Waals surface area contributed by atoms with Gasteiger partial charge >= 0.3 is 0 Å². The van der Waals surface area contributed by atoms with Crippen molar-refractivity contribution >= 4 is 20.2 Å². The summed E-state index contributed by atoms with van der Waals surface area (Å²) in [6.07, 6.45) is 12.2. The Morgan fingerprint density at radius 1 is 0.576 bits per heavy atom. The van der Waals surface area contributed by atoms with Crippen LogP contribution in [0.25, 0.3) is 0 Å². The molecule has 0 N–H and O–H groups in total. The Labute approximate surface area is 219 Å². The Morgan fingerprint density at radius 3 is 1.00 bits per heavy atom. The predicted octanol–water partition coefficient (Wildman–Crippen LogP) is 9.89. The van der Waals surface area contributed by atoms with Gasteiger partial charge in [-0.15, -0.1) is 0 Å². The molecule has 0 atom stereocenters. The highest BCUT2D eigenvalue weighted by atomic mass is 28.3. The highest BCUT2D eigenvalue weighted by molar-refractivity contribution is 6.38. The summed E-state index contributed by atoms with van der Waals surface area (Å²) in [5, 5.41) is 0.324. The predicted molar refractivity (Wildman–Crippen MR) is 165 cm³/mol. The van der Waals surface area contributed by atoms with Crippen molar-refractivity contribution < 1.29 is 4.12 Å². The number of rotatable bonds is 12. The van der Waals surface area contributed by atoms with Crippen LogP contribution in [0.2, 0.25) is 5.04 Å². The topological polar surface area (TPSA) is 9.23 Å². The number of hydrogen-bond donors (Lipinski definition) is 0. The van der Waals surface area contributed by atoms with Gasteiger partial charge < -0.3 is 4.12 Å². The summed E-state index contributed by atoms with van der Waals surface area (Å²) in [4.78, 5) is 0. The van der Waals surface area contributed by atoms with Gasteiger partial charge in [0.1, 0.15) is 10.5 Å². The van der Waals surface area contributed by atoms with Crippen molar-refractivity contribution in [2.45, 2.75) is 174 Å². The average Bonchev–Trinajstić information content (AvgIpc) is 2.70. The maximum absolute atomic E-state index is 5.74. The van der Waals surface area contributed by atoms with E-state index in [2.05, 4.69) is 111 Å². The van der Waals surface area contributed by atoms with E-state index in [0.717, 1.165) is 10.5 Å². The number of unbranched alkanes of at least 4 members (excludes halogenated alkanes) is 6. The Hall–Kier alpha value is 0.394. The summed E-state index contributed by atoms with van der Waals surface area (Å²) < 4.78 is 5.74. The van der Waals surface area contributed by atoms with Gasteiger partial charge in [0, 0.05) is 0 Å². The first kappa shape index (κ1) is 40.6. The lowest BCUT2D eigenvalue weighted by Gasteiger charge is -2.60. The summed E-state index contributed by atoms with van der Waals surface area (Å²) in [5.74, 6) is 0.682. The molecular weight excluding hydrogens is 433 g/mol. The van der Waals surface area contributed by atoms with Crippen molar-refractivity contribution in [1.29, 1.82) is 0 Å². The average molecular weight is 505 g/mol. The summed E-state index contributed by atoms with van der Waals surface area (Å²) in [5.41, 5.74) is 0.850. The van der Waals surface area contributed by atoms with Gasteiger partial charge in [-0.05, 0) is 27.2 Å². The van der Waals surface area contributed by atoms with E-state index in [9.17, 15) is 0 Å². The minimum absolute atomic E-state index is 0.268. The van der Waals surface area contributed by atoms with Crippen LogP contribution in [0.4, 0.5) is 0 Å². The van der Waals surface area contributed by atoms with E-state index in [0.29, 0.717) is 16.4 Å². The van der Waals surface area contributed by atoms with E-state index < -0.39 is 9.76 Å². The van der Waals surface area contributed by atoms with Gasteiger partial charge in [-0.3, -0.25) is 0 Å². The molecule has 0 aromatic carbocycles. The normalized spacial score (nSPS) is 12.6. The van der Waals surface area contributed by atoms with E-state index in [-0.39, 0.29) is 10.8 Å². The van der Waals surface area contributed by atoms with E-state index in [1.807, 2.05) is 0 Å². The molecule has 0 aromatic rings. The molecule has 0 unspecified atom stereocenters. The Bertz CT molecular complexity index is 378. The summed E-state index contributed by atoms with van der Waals surface area (Å²) in [6, 6.07) is 0. The second-order valence-electron chi connectivity index (χ2n) is 12.5. The lowest BCUT2D eigenvalue weighted by molar-refractivity contribution is -0.0701. The van der Waals surface area contributed by atoms with Gasteiger partial charge in [0.15, 0.2) is 9.76 Å². The summed E-state index contributed by atoms with van der Waals surface area (Å²) in [6.45, 7) is 37.5. The lowest BCUT2D eigenvalue weighted by Crippen LogP contribution is -2.52. The largest absolute Gasteiger partial charge is 0.468 e. The maximum atomic E-state index is 5.74. The SMILES string of the molecule is CC(C)C(C)(C)C(C)(C)C(C)(C)C(C)(C)[SiH2]O[SiH3].CCCCC.CCCCC.CCCCC. The molecular formula is C30H72OSi2. The standard InChI is InChI=1S/C15H36OSi2.3C5H12/c1-11(2)12(3,4)13(5,6)14(7,8)15(9,10)18-16-17;3*1-3-5-4-2/h11H,18H2,1-10,17H3;3*3-5H2,1-2H3. The van der Waals surface area contributed by atoms with Crippen LogP contribution >= 0.6 is 0 Å². The van der Waals surface area contributed by atoms with Gasteiger partial charge in [0.2, 0.25) is 0 Å². The monoisotopic (exact) mass is 505 g/mol. The second-order valence-corrected chi connectivity index (χ2v) is 16.9. The molecule has 0 radical (unpaired) electrons. The van der Waals surface area contributed by atoms with Gasteiger partial charge in [-0.2, -0.15) is 0 Å². The van der Waals surface area contributed by atoms with E-state index in [1.165, 1.54) is 57.8 Å². The lowest BCUT2D eigenvalue weighted by atomic mass is 9.48. The van der Waals surface area contributed by atoms with Gasteiger partial charge in [-0.25, -0.2) is 0 Å².